The minimum Gasteiger partial charge on any atom is -0.396 e. The van der Waals surface area contributed by atoms with Gasteiger partial charge in [-0.2, -0.15) is 0 Å². The molecule has 134 valence electrons. The van der Waals surface area contributed by atoms with Gasteiger partial charge in [0, 0.05) is 34.0 Å². The van der Waals surface area contributed by atoms with E-state index in [1.807, 2.05) is 0 Å². The number of rotatable bonds is 16. The molecule has 0 aliphatic rings. The molecule has 0 aliphatic carbocycles. The SMILES string of the molecule is CCC(CCOCOC)CC(CO)CC(C)CCOCOC. The predicted molar refractivity (Wildman–Crippen MR) is 87.6 cm³/mol. The number of hydrogen-bond donors (Lipinski definition) is 1. The molecule has 0 aromatic carbocycles. The Morgan fingerprint density at radius 3 is 1.95 bits per heavy atom. The minimum atomic E-state index is 0.263. The number of ether oxygens (including phenoxy) is 4. The van der Waals surface area contributed by atoms with Gasteiger partial charge in [0.25, 0.3) is 0 Å². The Bertz CT molecular complexity index is 225. The average Bonchev–Trinajstić information content (AvgIpc) is 2.53. The van der Waals surface area contributed by atoms with Crippen LogP contribution >= 0.6 is 0 Å². The highest BCUT2D eigenvalue weighted by Gasteiger charge is 2.17. The molecule has 0 radical (unpaired) electrons. The summed E-state index contributed by atoms with van der Waals surface area (Å²) >= 11 is 0. The molecule has 0 bridgehead atoms. The second kappa shape index (κ2) is 15.7. The van der Waals surface area contributed by atoms with E-state index in [1.54, 1.807) is 14.2 Å². The van der Waals surface area contributed by atoms with E-state index in [-0.39, 0.29) is 6.61 Å². The first kappa shape index (κ1) is 21.8. The molecule has 5 nitrogen and oxygen atoms in total. The van der Waals surface area contributed by atoms with Crippen LogP contribution in [0.1, 0.15) is 46.0 Å². The van der Waals surface area contributed by atoms with Crippen molar-refractivity contribution < 1.29 is 24.1 Å². The summed E-state index contributed by atoms with van der Waals surface area (Å²) in [4.78, 5) is 0. The number of aliphatic hydroxyl groups excluding tert-OH is 1. The minimum absolute atomic E-state index is 0.263. The monoisotopic (exact) mass is 320 g/mol. The second-order valence-corrected chi connectivity index (χ2v) is 6.11. The van der Waals surface area contributed by atoms with Crippen LogP contribution in [0.15, 0.2) is 0 Å². The van der Waals surface area contributed by atoms with Crippen LogP contribution in [0.3, 0.4) is 0 Å². The molecule has 0 fully saturated rings. The molecule has 22 heavy (non-hydrogen) atoms. The van der Waals surface area contributed by atoms with Crippen LogP contribution in [0.5, 0.6) is 0 Å². The number of methoxy groups -OCH3 is 2. The van der Waals surface area contributed by atoms with Crippen molar-refractivity contribution in [1.82, 2.24) is 0 Å². The van der Waals surface area contributed by atoms with Gasteiger partial charge in [0.05, 0.1) is 0 Å². The first-order chi connectivity index (χ1) is 10.7. The van der Waals surface area contributed by atoms with Crippen LogP contribution < -0.4 is 0 Å². The molecule has 0 spiro atoms. The molecule has 0 saturated heterocycles. The van der Waals surface area contributed by atoms with E-state index < -0.39 is 0 Å². The molecule has 0 aromatic rings. The average molecular weight is 320 g/mol. The highest BCUT2D eigenvalue weighted by molar-refractivity contribution is 4.68. The van der Waals surface area contributed by atoms with Gasteiger partial charge in [-0.25, -0.2) is 0 Å². The Kier molecular flexibility index (Phi) is 15.5. The molecule has 0 rings (SSSR count). The zero-order valence-corrected chi connectivity index (χ0v) is 14.9. The number of aliphatic hydroxyl groups is 1. The Balaban J connectivity index is 3.93. The molecular weight excluding hydrogens is 284 g/mol. The third-order valence-electron chi connectivity index (χ3n) is 4.07. The van der Waals surface area contributed by atoms with Crippen molar-refractivity contribution in [3.05, 3.63) is 0 Å². The fraction of sp³-hybridized carbons (Fsp3) is 1.00. The van der Waals surface area contributed by atoms with Gasteiger partial charge >= 0.3 is 0 Å². The van der Waals surface area contributed by atoms with Gasteiger partial charge in [0.1, 0.15) is 13.6 Å². The Hall–Kier alpha value is -0.200. The van der Waals surface area contributed by atoms with Gasteiger partial charge in [-0.15, -0.1) is 0 Å². The van der Waals surface area contributed by atoms with E-state index in [0.717, 1.165) is 45.3 Å². The third kappa shape index (κ3) is 12.4. The lowest BCUT2D eigenvalue weighted by atomic mass is 9.85. The van der Waals surface area contributed by atoms with E-state index in [2.05, 4.69) is 13.8 Å². The highest BCUT2D eigenvalue weighted by Crippen LogP contribution is 2.25. The highest BCUT2D eigenvalue weighted by atomic mass is 16.7. The molecular formula is C17H36O5. The van der Waals surface area contributed by atoms with Crippen molar-refractivity contribution in [3.63, 3.8) is 0 Å². The Labute approximate surface area is 136 Å². The summed E-state index contributed by atoms with van der Waals surface area (Å²) in [6, 6.07) is 0. The van der Waals surface area contributed by atoms with Gasteiger partial charge in [0.2, 0.25) is 0 Å². The maximum absolute atomic E-state index is 9.64. The van der Waals surface area contributed by atoms with Crippen LogP contribution in [-0.4, -0.2) is 52.7 Å². The quantitative estimate of drug-likeness (QED) is 0.350. The van der Waals surface area contributed by atoms with Crippen molar-refractivity contribution in [2.75, 3.05) is 47.6 Å². The zero-order chi connectivity index (χ0) is 16.6. The van der Waals surface area contributed by atoms with E-state index >= 15 is 0 Å². The van der Waals surface area contributed by atoms with E-state index in [0.29, 0.717) is 31.3 Å². The van der Waals surface area contributed by atoms with Gasteiger partial charge in [-0.05, 0) is 43.4 Å². The molecule has 3 unspecified atom stereocenters. The Morgan fingerprint density at radius 1 is 0.864 bits per heavy atom. The van der Waals surface area contributed by atoms with Gasteiger partial charge in [0.15, 0.2) is 0 Å². The standard InChI is InChI=1S/C17H36O5/c1-5-16(7-9-22-14-20-4)11-17(12-18)10-15(2)6-8-21-13-19-3/h15-18H,5-14H2,1-4H3. The van der Waals surface area contributed by atoms with E-state index in [4.69, 9.17) is 18.9 Å². The molecule has 0 aliphatic heterocycles. The molecule has 0 saturated carbocycles. The summed E-state index contributed by atoms with van der Waals surface area (Å²) < 4.78 is 20.5. The van der Waals surface area contributed by atoms with Crippen molar-refractivity contribution in [2.24, 2.45) is 17.8 Å². The van der Waals surface area contributed by atoms with Crippen LogP contribution in [-0.2, 0) is 18.9 Å². The largest absolute Gasteiger partial charge is 0.396 e. The summed E-state index contributed by atoms with van der Waals surface area (Å²) in [6.45, 7) is 6.85. The molecule has 0 amide bonds. The lowest BCUT2D eigenvalue weighted by Gasteiger charge is -2.24. The van der Waals surface area contributed by atoms with Crippen LogP contribution in [0.4, 0.5) is 0 Å². The fourth-order valence-electron chi connectivity index (χ4n) is 2.71. The second-order valence-electron chi connectivity index (χ2n) is 6.11. The summed E-state index contributed by atoms with van der Waals surface area (Å²) in [5, 5.41) is 9.64. The third-order valence-corrected chi connectivity index (χ3v) is 4.07. The molecule has 0 aromatic heterocycles. The summed E-state index contributed by atoms with van der Waals surface area (Å²) in [7, 11) is 3.27. The molecule has 3 atom stereocenters. The van der Waals surface area contributed by atoms with Gasteiger partial charge in [-0.1, -0.05) is 20.3 Å². The summed E-state index contributed by atoms with van der Waals surface area (Å²) in [5.74, 6) is 1.52. The first-order valence-corrected chi connectivity index (χ1v) is 8.42. The fourth-order valence-corrected chi connectivity index (χ4v) is 2.71. The lowest BCUT2D eigenvalue weighted by Crippen LogP contribution is -2.17. The maximum Gasteiger partial charge on any atom is 0.146 e. The topological polar surface area (TPSA) is 57.2 Å². The zero-order valence-electron chi connectivity index (χ0n) is 14.9. The molecule has 0 heterocycles. The van der Waals surface area contributed by atoms with Gasteiger partial charge in [-0.3, -0.25) is 0 Å². The van der Waals surface area contributed by atoms with Crippen LogP contribution in [0, 0.1) is 17.8 Å². The van der Waals surface area contributed by atoms with E-state index in [9.17, 15) is 5.11 Å². The number of hydrogen-bond acceptors (Lipinski definition) is 5. The molecule has 5 heteroatoms. The van der Waals surface area contributed by atoms with Crippen molar-refractivity contribution >= 4 is 0 Å². The first-order valence-electron chi connectivity index (χ1n) is 8.42. The van der Waals surface area contributed by atoms with Gasteiger partial charge < -0.3 is 24.1 Å². The Morgan fingerprint density at radius 2 is 1.45 bits per heavy atom. The van der Waals surface area contributed by atoms with Crippen molar-refractivity contribution in [3.8, 4) is 0 Å². The smallest absolute Gasteiger partial charge is 0.146 e. The van der Waals surface area contributed by atoms with Crippen LogP contribution in [0.2, 0.25) is 0 Å². The maximum atomic E-state index is 9.64. The predicted octanol–water partition coefficient (Wildman–Crippen LogP) is 3.06. The normalized spacial score (nSPS) is 15.7. The van der Waals surface area contributed by atoms with Crippen molar-refractivity contribution in [2.45, 2.75) is 46.0 Å². The molecule has 1 N–H and O–H groups in total. The van der Waals surface area contributed by atoms with E-state index in [1.165, 1.54) is 0 Å². The summed E-state index contributed by atoms with van der Waals surface area (Å²) in [5.41, 5.74) is 0. The van der Waals surface area contributed by atoms with Crippen molar-refractivity contribution in [1.29, 1.82) is 0 Å². The summed E-state index contributed by atoms with van der Waals surface area (Å²) in [6.07, 6.45) is 5.27. The lowest BCUT2D eigenvalue weighted by molar-refractivity contribution is -0.0364. The van der Waals surface area contributed by atoms with Crippen LogP contribution in [0.25, 0.3) is 0 Å².